The Morgan fingerprint density at radius 3 is 2.60 bits per heavy atom. The van der Waals surface area contributed by atoms with Crippen LogP contribution in [0.3, 0.4) is 0 Å². The molecule has 1 aromatic heterocycles. The van der Waals surface area contributed by atoms with Crippen LogP contribution in [0.4, 0.5) is 17.1 Å². The van der Waals surface area contributed by atoms with Crippen molar-refractivity contribution in [3.63, 3.8) is 0 Å². The van der Waals surface area contributed by atoms with Crippen molar-refractivity contribution in [1.82, 2.24) is 9.55 Å². The van der Waals surface area contributed by atoms with Gasteiger partial charge < -0.3 is 10.3 Å². The highest BCUT2D eigenvalue weighted by molar-refractivity contribution is 5.76. The summed E-state index contributed by atoms with van der Waals surface area (Å²) in [5.74, 6) is 0. The molecule has 1 aromatic carbocycles. The molecule has 10 heteroatoms. The Balaban J connectivity index is 1.92. The molecule has 0 amide bonds. The van der Waals surface area contributed by atoms with Crippen LogP contribution in [0.25, 0.3) is 0 Å². The normalized spacial score (nSPS) is 10.6. The third-order valence-electron chi connectivity index (χ3n) is 3.82. The van der Waals surface area contributed by atoms with E-state index in [1.165, 1.54) is 29.0 Å². The summed E-state index contributed by atoms with van der Waals surface area (Å²) in [6.45, 7) is 0.465. The second kappa shape index (κ2) is 7.99. The number of aryl methyl sites for hydroxylation is 2. The summed E-state index contributed by atoms with van der Waals surface area (Å²) in [4.78, 5) is 45.6. The first kappa shape index (κ1) is 18.0. The molecule has 2 rings (SSSR count). The van der Waals surface area contributed by atoms with Crippen molar-refractivity contribution < 1.29 is 4.92 Å². The fourth-order valence-electron chi connectivity index (χ4n) is 2.49. The minimum atomic E-state index is -0.696. The molecule has 0 aliphatic heterocycles. The molecule has 132 valence electrons. The van der Waals surface area contributed by atoms with E-state index in [0.29, 0.717) is 24.9 Å². The summed E-state index contributed by atoms with van der Waals surface area (Å²) in [7, 11) is 0. The Bertz CT molecular complexity index is 902. The summed E-state index contributed by atoms with van der Waals surface area (Å²) in [5, 5.41) is 13.5. The van der Waals surface area contributed by atoms with Gasteiger partial charge in [-0.2, -0.15) is 0 Å². The smallest absolute Gasteiger partial charge is 0.328 e. The Hall–Kier alpha value is -3.30. The lowest BCUT2D eigenvalue weighted by molar-refractivity contribution is -0.384. The number of anilines is 1. The minimum absolute atomic E-state index is 0.0288. The van der Waals surface area contributed by atoms with Crippen LogP contribution < -0.4 is 17.0 Å². The zero-order chi connectivity index (χ0) is 18.4. The molecule has 0 saturated heterocycles. The van der Waals surface area contributed by atoms with Crippen LogP contribution in [0.15, 0.2) is 39.2 Å². The molecule has 10 nitrogen and oxygen atoms in total. The maximum atomic E-state index is 11.5. The van der Waals surface area contributed by atoms with E-state index in [4.69, 9.17) is 5.73 Å². The van der Waals surface area contributed by atoms with E-state index in [-0.39, 0.29) is 11.4 Å². The topological polar surface area (TPSA) is 153 Å². The number of hydrogen-bond donors (Lipinski definition) is 2. The zero-order valence-electron chi connectivity index (χ0n) is 13.3. The van der Waals surface area contributed by atoms with E-state index in [2.05, 4.69) is 10.2 Å². The first-order chi connectivity index (χ1) is 11.9. The predicted octanol–water partition coefficient (Wildman–Crippen LogP) is 1.84. The maximum absolute atomic E-state index is 11.5. The van der Waals surface area contributed by atoms with Gasteiger partial charge in [0.2, 0.25) is 5.69 Å². The van der Waals surface area contributed by atoms with Gasteiger partial charge in [-0.15, -0.1) is 4.91 Å². The number of rotatable bonds is 8. The molecular weight excluding hydrogens is 330 g/mol. The van der Waals surface area contributed by atoms with Crippen molar-refractivity contribution in [2.75, 3.05) is 5.73 Å². The van der Waals surface area contributed by atoms with E-state index in [1.54, 1.807) is 0 Å². The Morgan fingerprint density at radius 1 is 1.20 bits per heavy atom. The van der Waals surface area contributed by atoms with Crippen molar-refractivity contribution in [3.05, 3.63) is 65.8 Å². The first-order valence-corrected chi connectivity index (χ1v) is 7.63. The number of nitrogens with two attached hydrogens (primary N) is 1. The number of H-pyrrole nitrogens is 1. The Labute approximate surface area is 141 Å². The largest absolute Gasteiger partial charge is 0.396 e. The number of nitrogen functional groups attached to an aromatic ring is 1. The Kier molecular flexibility index (Phi) is 5.77. The average molecular weight is 347 g/mol. The summed E-state index contributed by atoms with van der Waals surface area (Å²) in [6, 6.07) is 4.03. The number of nitrogens with zero attached hydrogens (tertiary/aromatic N) is 3. The lowest BCUT2D eigenvalue weighted by atomic mass is 10.0. The standard InChI is InChI=1S/C15H17N5O5/c16-13-10(5-6-11(20(24)25)14(13)18-23)4-2-1-3-8-19-9-7-12(21)17-15(19)22/h5-7,9H,1-4,8,16H2,(H,17,21,22). The minimum Gasteiger partial charge on any atom is -0.396 e. The van der Waals surface area contributed by atoms with Crippen LogP contribution >= 0.6 is 0 Å². The van der Waals surface area contributed by atoms with E-state index in [0.717, 1.165) is 12.8 Å². The maximum Gasteiger partial charge on any atom is 0.328 e. The van der Waals surface area contributed by atoms with Crippen LogP contribution in [-0.4, -0.2) is 14.5 Å². The highest BCUT2D eigenvalue weighted by Crippen LogP contribution is 2.36. The number of benzene rings is 1. The van der Waals surface area contributed by atoms with E-state index in [1.807, 2.05) is 0 Å². The van der Waals surface area contributed by atoms with Crippen molar-refractivity contribution in [3.8, 4) is 0 Å². The number of aromatic amines is 1. The predicted molar refractivity (Wildman–Crippen MR) is 91.8 cm³/mol. The van der Waals surface area contributed by atoms with Crippen molar-refractivity contribution >= 4 is 17.1 Å². The molecule has 0 fully saturated rings. The number of hydrogen-bond acceptors (Lipinski definition) is 7. The summed E-state index contributed by atoms with van der Waals surface area (Å²) < 4.78 is 1.41. The van der Waals surface area contributed by atoms with Crippen LogP contribution in [0.1, 0.15) is 24.8 Å². The molecule has 0 aliphatic carbocycles. The van der Waals surface area contributed by atoms with E-state index in [9.17, 15) is 24.6 Å². The SMILES string of the molecule is Nc1c(CCCCCn2ccc(=O)[nH]c2=O)ccc([N+](=O)[O-])c1N=O. The summed E-state index contributed by atoms with van der Waals surface area (Å²) in [6.07, 6.45) is 4.17. The number of nitro benzene ring substituents is 1. The second-order valence-electron chi connectivity index (χ2n) is 5.47. The average Bonchev–Trinajstić information content (AvgIpc) is 2.57. The van der Waals surface area contributed by atoms with E-state index >= 15 is 0 Å². The van der Waals surface area contributed by atoms with Crippen molar-refractivity contribution in [2.45, 2.75) is 32.2 Å². The molecule has 0 unspecified atom stereocenters. The molecule has 1 heterocycles. The lowest BCUT2D eigenvalue weighted by Gasteiger charge is -2.08. The molecule has 3 N–H and O–H groups in total. The number of nitroso groups, excluding NO2 is 1. The van der Waals surface area contributed by atoms with Gasteiger partial charge in [-0.1, -0.05) is 6.42 Å². The van der Waals surface area contributed by atoms with Crippen LogP contribution in [0.5, 0.6) is 0 Å². The Morgan fingerprint density at radius 2 is 1.96 bits per heavy atom. The van der Waals surface area contributed by atoms with Gasteiger partial charge in [0, 0.05) is 24.9 Å². The van der Waals surface area contributed by atoms with E-state index < -0.39 is 21.9 Å². The fraction of sp³-hybridized carbons (Fsp3) is 0.333. The van der Waals surface area contributed by atoms with Crippen LogP contribution in [0, 0.1) is 15.0 Å². The van der Waals surface area contributed by atoms with Gasteiger partial charge in [0.25, 0.3) is 5.56 Å². The van der Waals surface area contributed by atoms with Gasteiger partial charge in [-0.25, -0.2) is 4.79 Å². The molecule has 0 spiro atoms. The van der Waals surface area contributed by atoms with Gasteiger partial charge in [0.1, 0.15) is 0 Å². The third-order valence-corrected chi connectivity index (χ3v) is 3.82. The fourth-order valence-corrected chi connectivity index (χ4v) is 2.49. The zero-order valence-corrected chi connectivity index (χ0v) is 13.3. The monoisotopic (exact) mass is 347 g/mol. The number of aromatic nitrogens is 2. The third kappa shape index (κ3) is 4.37. The molecule has 0 atom stereocenters. The van der Waals surface area contributed by atoms with Crippen LogP contribution in [0.2, 0.25) is 0 Å². The van der Waals surface area contributed by atoms with Crippen LogP contribution in [-0.2, 0) is 13.0 Å². The lowest BCUT2D eigenvalue weighted by Crippen LogP contribution is -2.28. The van der Waals surface area contributed by atoms with Gasteiger partial charge in [-0.3, -0.25) is 19.9 Å². The highest BCUT2D eigenvalue weighted by Gasteiger charge is 2.19. The summed E-state index contributed by atoms with van der Waals surface area (Å²) >= 11 is 0. The van der Waals surface area contributed by atoms with Crippen molar-refractivity contribution in [1.29, 1.82) is 0 Å². The van der Waals surface area contributed by atoms with Crippen molar-refractivity contribution in [2.24, 2.45) is 5.18 Å². The molecule has 25 heavy (non-hydrogen) atoms. The molecular formula is C15H17N5O5. The van der Waals surface area contributed by atoms with Gasteiger partial charge in [-0.05, 0) is 36.1 Å². The second-order valence-corrected chi connectivity index (χ2v) is 5.47. The molecule has 0 bridgehead atoms. The molecule has 2 aromatic rings. The first-order valence-electron chi connectivity index (χ1n) is 7.63. The van der Waals surface area contributed by atoms with Gasteiger partial charge in [0.15, 0.2) is 0 Å². The number of unbranched alkanes of at least 4 members (excludes halogenated alkanes) is 2. The highest BCUT2D eigenvalue weighted by atomic mass is 16.6. The van der Waals surface area contributed by atoms with Gasteiger partial charge in [0.05, 0.1) is 10.6 Å². The molecule has 0 aliphatic rings. The molecule has 0 radical (unpaired) electrons. The number of nitro groups is 1. The quantitative estimate of drug-likeness (QED) is 0.244. The summed E-state index contributed by atoms with van der Waals surface area (Å²) in [5.41, 5.74) is 4.81. The number of nitrogens with one attached hydrogen (secondary N) is 1. The van der Waals surface area contributed by atoms with Gasteiger partial charge >= 0.3 is 11.4 Å². The molecule has 0 saturated carbocycles.